The molecule has 0 saturated heterocycles. The fourth-order valence-corrected chi connectivity index (χ4v) is 1.13. The van der Waals surface area contributed by atoms with Crippen molar-refractivity contribution in [1.29, 1.82) is 0 Å². The summed E-state index contributed by atoms with van der Waals surface area (Å²) in [5.41, 5.74) is 0. The minimum absolute atomic E-state index is 0.251. The first-order valence-electron chi connectivity index (χ1n) is 4.49. The third kappa shape index (κ3) is 4.68. The predicted molar refractivity (Wildman–Crippen MR) is 40.8 cm³/mol. The Morgan fingerprint density at radius 1 is 0.579 bits per heavy atom. The summed E-state index contributed by atoms with van der Waals surface area (Å²) in [6.07, 6.45) is -12.4. The number of alkyl halides is 11. The average molecular weight is 312 g/mol. The van der Waals surface area contributed by atoms with Crippen LogP contribution in [0.5, 0.6) is 0 Å². The quantitative estimate of drug-likeness (QED) is 0.634. The van der Waals surface area contributed by atoms with Crippen LogP contribution in [-0.4, -0.2) is 29.9 Å². The van der Waals surface area contributed by atoms with Gasteiger partial charge in [-0.2, -0.15) is 39.5 Å². The standard InChI is InChI=1S/C8H7F11/c1-4(9,10)2-5(11,12)8(18,19)6(13,14)3-7(15,16)17/h2-3H2,1H3. The topological polar surface area (TPSA) is 0 Å². The summed E-state index contributed by atoms with van der Waals surface area (Å²) in [5, 5.41) is 0. The lowest BCUT2D eigenvalue weighted by Crippen LogP contribution is -2.56. The minimum atomic E-state index is -6.56. The Kier molecular flexibility index (Phi) is 4.46. The van der Waals surface area contributed by atoms with Gasteiger partial charge in [-0.05, 0) is 6.92 Å². The minimum Gasteiger partial charge on any atom is -0.207 e. The van der Waals surface area contributed by atoms with Crippen molar-refractivity contribution in [3.05, 3.63) is 0 Å². The van der Waals surface area contributed by atoms with Gasteiger partial charge in [0.2, 0.25) is 0 Å². The van der Waals surface area contributed by atoms with E-state index in [9.17, 15) is 48.3 Å². The van der Waals surface area contributed by atoms with Crippen molar-refractivity contribution in [1.82, 2.24) is 0 Å². The molecule has 0 nitrogen and oxygen atoms in total. The monoisotopic (exact) mass is 312 g/mol. The third-order valence-electron chi connectivity index (χ3n) is 1.87. The molecule has 0 rings (SSSR count). The molecule has 0 N–H and O–H groups in total. The molecule has 0 amide bonds. The lowest BCUT2D eigenvalue weighted by Gasteiger charge is -2.34. The molecule has 0 unspecified atom stereocenters. The van der Waals surface area contributed by atoms with E-state index in [2.05, 4.69) is 0 Å². The van der Waals surface area contributed by atoms with E-state index < -0.39 is 42.7 Å². The number of halogens is 11. The molecular weight excluding hydrogens is 305 g/mol. The lowest BCUT2D eigenvalue weighted by molar-refractivity contribution is -0.339. The van der Waals surface area contributed by atoms with E-state index in [0.29, 0.717) is 0 Å². The van der Waals surface area contributed by atoms with Gasteiger partial charge in [0.15, 0.2) is 0 Å². The third-order valence-corrected chi connectivity index (χ3v) is 1.87. The van der Waals surface area contributed by atoms with E-state index in [1.165, 1.54) is 0 Å². The zero-order valence-electron chi connectivity index (χ0n) is 9.07. The van der Waals surface area contributed by atoms with Crippen LogP contribution in [0.1, 0.15) is 19.8 Å². The van der Waals surface area contributed by atoms with Crippen molar-refractivity contribution in [3.63, 3.8) is 0 Å². The molecule has 0 spiro atoms. The van der Waals surface area contributed by atoms with Crippen LogP contribution in [0.15, 0.2) is 0 Å². The molecule has 0 radical (unpaired) electrons. The summed E-state index contributed by atoms with van der Waals surface area (Å²) in [5.74, 6) is -23.2. The van der Waals surface area contributed by atoms with Crippen LogP contribution in [0.3, 0.4) is 0 Å². The zero-order valence-corrected chi connectivity index (χ0v) is 9.07. The van der Waals surface area contributed by atoms with E-state index in [1.54, 1.807) is 0 Å². The van der Waals surface area contributed by atoms with Gasteiger partial charge in [0, 0.05) is 0 Å². The Morgan fingerprint density at radius 2 is 0.895 bits per heavy atom. The SMILES string of the molecule is CC(F)(F)CC(F)(F)C(F)(F)C(F)(F)CC(F)(F)F. The van der Waals surface area contributed by atoms with E-state index in [1.807, 2.05) is 0 Å². The molecule has 0 aliphatic rings. The van der Waals surface area contributed by atoms with Crippen molar-refractivity contribution >= 4 is 0 Å². The van der Waals surface area contributed by atoms with Crippen LogP contribution in [0.4, 0.5) is 48.3 Å². The molecule has 0 aromatic heterocycles. The van der Waals surface area contributed by atoms with Gasteiger partial charge >= 0.3 is 23.9 Å². The Bertz CT molecular complexity index is 278. The largest absolute Gasteiger partial charge is 0.395 e. The van der Waals surface area contributed by atoms with Gasteiger partial charge in [0.1, 0.15) is 6.42 Å². The molecule has 0 bridgehead atoms. The van der Waals surface area contributed by atoms with Crippen LogP contribution < -0.4 is 0 Å². The first-order chi connectivity index (χ1) is 7.91. The summed E-state index contributed by atoms with van der Waals surface area (Å²) >= 11 is 0. The molecule has 0 aliphatic carbocycles. The first kappa shape index (κ1) is 18.2. The fourth-order valence-electron chi connectivity index (χ4n) is 1.13. The number of hydrogen-bond acceptors (Lipinski definition) is 0. The van der Waals surface area contributed by atoms with Gasteiger partial charge in [-0.1, -0.05) is 0 Å². The van der Waals surface area contributed by atoms with Gasteiger partial charge in [0.25, 0.3) is 5.92 Å². The van der Waals surface area contributed by atoms with Crippen LogP contribution in [-0.2, 0) is 0 Å². The fraction of sp³-hybridized carbons (Fsp3) is 1.00. The van der Waals surface area contributed by atoms with Gasteiger partial charge < -0.3 is 0 Å². The smallest absolute Gasteiger partial charge is 0.207 e. The van der Waals surface area contributed by atoms with E-state index in [4.69, 9.17) is 0 Å². The molecule has 0 saturated carbocycles. The van der Waals surface area contributed by atoms with Crippen LogP contribution in [0.2, 0.25) is 0 Å². The molecule has 116 valence electrons. The molecule has 0 aromatic rings. The Morgan fingerprint density at radius 3 is 1.16 bits per heavy atom. The van der Waals surface area contributed by atoms with Crippen LogP contribution >= 0.6 is 0 Å². The predicted octanol–water partition coefficient (Wildman–Crippen LogP) is 4.89. The molecule has 19 heavy (non-hydrogen) atoms. The van der Waals surface area contributed by atoms with Crippen molar-refractivity contribution in [3.8, 4) is 0 Å². The Labute approximate surface area is 99.1 Å². The Balaban J connectivity index is 5.34. The number of rotatable bonds is 5. The number of hydrogen-bond donors (Lipinski definition) is 0. The molecule has 0 aliphatic heterocycles. The molecule has 11 heteroatoms. The Hall–Kier alpha value is -0.770. The maximum atomic E-state index is 12.7. The summed E-state index contributed by atoms with van der Waals surface area (Å²) in [7, 11) is 0. The second-order valence-electron chi connectivity index (χ2n) is 4.02. The maximum absolute atomic E-state index is 12.7. The van der Waals surface area contributed by atoms with Crippen LogP contribution in [0, 0.1) is 0 Å². The normalized spacial score (nSPS) is 15.8. The molecular formula is C8H7F11. The van der Waals surface area contributed by atoms with Crippen molar-refractivity contribution in [2.75, 3.05) is 0 Å². The summed E-state index contributed by atoms with van der Waals surface area (Å²) in [4.78, 5) is 0. The van der Waals surface area contributed by atoms with Gasteiger partial charge in [-0.15, -0.1) is 0 Å². The molecule has 0 fully saturated rings. The van der Waals surface area contributed by atoms with Gasteiger partial charge in [-0.25, -0.2) is 8.78 Å². The highest BCUT2D eigenvalue weighted by molar-refractivity contribution is 4.98. The highest BCUT2D eigenvalue weighted by Gasteiger charge is 2.74. The van der Waals surface area contributed by atoms with E-state index in [0.717, 1.165) is 0 Å². The zero-order chi connectivity index (χ0) is 15.9. The van der Waals surface area contributed by atoms with E-state index >= 15 is 0 Å². The second kappa shape index (κ2) is 4.65. The average Bonchev–Trinajstić information content (AvgIpc) is 1.92. The summed E-state index contributed by atoms with van der Waals surface area (Å²) < 4.78 is 135. The highest BCUT2D eigenvalue weighted by atomic mass is 19.4. The highest BCUT2D eigenvalue weighted by Crippen LogP contribution is 2.52. The van der Waals surface area contributed by atoms with E-state index in [-0.39, 0.29) is 6.92 Å². The van der Waals surface area contributed by atoms with Gasteiger partial charge in [0.05, 0.1) is 6.42 Å². The first-order valence-corrected chi connectivity index (χ1v) is 4.49. The van der Waals surface area contributed by atoms with Crippen LogP contribution in [0.25, 0.3) is 0 Å². The summed E-state index contributed by atoms with van der Waals surface area (Å²) in [6.45, 7) is -0.251. The molecule has 0 atom stereocenters. The van der Waals surface area contributed by atoms with Gasteiger partial charge in [-0.3, -0.25) is 0 Å². The summed E-state index contributed by atoms with van der Waals surface area (Å²) in [6, 6.07) is 0. The molecule has 0 heterocycles. The second-order valence-corrected chi connectivity index (χ2v) is 4.02. The van der Waals surface area contributed by atoms with Crippen molar-refractivity contribution < 1.29 is 48.3 Å². The van der Waals surface area contributed by atoms with Crippen molar-refractivity contribution in [2.24, 2.45) is 0 Å². The lowest BCUT2D eigenvalue weighted by atomic mass is 9.97. The molecule has 0 aromatic carbocycles. The maximum Gasteiger partial charge on any atom is 0.395 e. The van der Waals surface area contributed by atoms with Crippen molar-refractivity contribution in [2.45, 2.75) is 49.6 Å².